The van der Waals surface area contributed by atoms with Crippen molar-refractivity contribution in [2.75, 3.05) is 18.0 Å². The van der Waals surface area contributed by atoms with Gasteiger partial charge in [0.1, 0.15) is 12.1 Å². The van der Waals surface area contributed by atoms with Crippen molar-refractivity contribution in [1.82, 2.24) is 24.4 Å². The number of amides is 1. The zero-order chi connectivity index (χ0) is 21.2. The Morgan fingerprint density at radius 3 is 2.77 bits per heavy atom. The first-order valence-electron chi connectivity index (χ1n) is 10.4. The minimum absolute atomic E-state index is 0.0259. The van der Waals surface area contributed by atoms with E-state index in [0.717, 1.165) is 42.2 Å². The molecule has 0 radical (unpaired) electrons. The molecule has 0 atom stereocenters. The van der Waals surface area contributed by atoms with E-state index in [0.29, 0.717) is 6.54 Å². The van der Waals surface area contributed by atoms with E-state index in [4.69, 9.17) is 0 Å². The van der Waals surface area contributed by atoms with Crippen LogP contribution in [0, 0.1) is 12.8 Å². The van der Waals surface area contributed by atoms with Crippen LogP contribution in [0.4, 0.5) is 5.82 Å². The monoisotopic (exact) mass is 433 g/mol. The number of aromatic nitrogens is 5. The molecular formula is C22H23N7OS. The average Bonchev–Trinajstić information content (AvgIpc) is 3.44. The van der Waals surface area contributed by atoms with E-state index >= 15 is 0 Å². The molecule has 0 N–H and O–H groups in total. The summed E-state index contributed by atoms with van der Waals surface area (Å²) in [6.45, 7) is 4.35. The smallest absolute Gasteiger partial charge is 0.251 e. The van der Waals surface area contributed by atoms with Gasteiger partial charge in [0.2, 0.25) is 0 Å². The van der Waals surface area contributed by atoms with E-state index in [1.54, 1.807) is 10.8 Å². The van der Waals surface area contributed by atoms with Crippen molar-refractivity contribution >= 4 is 28.7 Å². The Bertz CT molecular complexity index is 1260. The summed E-state index contributed by atoms with van der Waals surface area (Å²) in [5.74, 6) is 0.802. The fourth-order valence-electron chi connectivity index (χ4n) is 3.83. The highest BCUT2D eigenvalue weighted by atomic mass is 32.1. The zero-order valence-electron chi connectivity index (χ0n) is 17.3. The maximum atomic E-state index is 12.9. The quantitative estimate of drug-likeness (QED) is 0.494. The first-order valence-corrected chi connectivity index (χ1v) is 11.2. The van der Waals surface area contributed by atoms with Crippen LogP contribution in [0.25, 0.3) is 5.65 Å². The van der Waals surface area contributed by atoms with E-state index in [-0.39, 0.29) is 11.8 Å². The fourth-order valence-corrected chi connectivity index (χ4v) is 4.56. The SMILES string of the molecule is Cc1ccc(Cn2ccsc2=NC(=O)C2CCN(c3ccc4nncn4n3)CC2)cc1. The second-order valence-electron chi connectivity index (χ2n) is 7.84. The van der Waals surface area contributed by atoms with Crippen LogP contribution in [0.5, 0.6) is 0 Å². The van der Waals surface area contributed by atoms with E-state index in [9.17, 15) is 4.79 Å². The third-order valence-corrected chi connectivity index (χ3v) is 6.45. The van der Waals surface area contributed by atoms with Crippen LogP contribution in [-0.2, 0) is 11.3 Å². The van der Waals surface area contributed by atoms with Crippen molar-refractivity contribution in [3.05, 3.63) is 70.2 Å². The topological polar surface area (TPSA) is 80.7 Å². The maximum absolute atomic E-state index is 12.9. The number of hydrogen-bond acceptors (Lipinski definition) is 6. The highest BCUT2D eigenvalue weighted by Gasteiger charge is 2.25. The van der Waals surface area contributed by atoms with Gasteiger partial charge in [-0.1, -0.05) is 29.8 Å². The summed E-state index contributed by atoms with van der Waals surface area (Å²) < 4.78 is 3.71. The summed E-state index contributed by atoms with van der Waals surface area (Å²) in [6, 6.07) is 12.3. The molecule has 5 rings (SSSR count). The highest BCUT2D eigenvalue weighted by molar-refractivity contribution is 7.07. The lowest BCUT2D eigenvalue weighted by Gasteiger charge is -2.31. The maximum Gasteiger partial charge on any atom is 0.251 e. The number of hydrogen-bond donors (Lipinski definition) is 0. The molecule has 0 unspecified atom stereocenters. The number of carbonyl (C=O) groups excluding carboxylic acids is 1. The van der Waals surface area contributed by atoms with Crippen molar-refractivity contribution in [3.8, 4) is 0 Å². The summed E-state index contributed by atoms with van der Waals surface area (Å²) in [4.78, 5) is 20.3. The van der Waals surface area contributed by atoms with Gasteiger partial charge in [-0.3, -0.25) is 4.79 Å². The molecule has 0 spiro atoms. The number of piperidine rings is 1. The van der Waals surface area contributed by atoms with Crippen LogP contribution < -0.4 is 9.70 Å². The lowest BCUT2D eigenvalue weighted by atomic mass is 9.96. The number of carbonyl (C=O) groups is 1. The summed E-state index contributed by atoms with van der Waals surface area (Å²) >= 11 is 1.50. The second kappa shape index (κ2) is 8.43. The van der Waals surface area contributed by atoms with Crippen LogP contribution >= 0.6 is 11.3 Å². The van der Waals surface area contributed by atoms with Gasteiger partial charge in [-0.25, -0.2) is 0 Å². The Morgan fingerprint density at radius 1 is 1.16 bits per heavy atom. The molecule has 0 bridgehead atoms. The van der Waals surface area contributed by atoms with Gasteiger partial charge < -0.3 is 9.47 Å². The van der Waals surface area contributed by atoms with Crippen molar-refractivity contribution < 1.29 is 4.79 Å². The number of fused-ring (bicyclic) bond motifs is 1. The van der Waals surface area contributed by atoms with Gasteiger partial charge in [-0.2, -0.15) is 9.51 Å². The Hall–Kier alpha value is -3.33. The van der Waals surface area contributed by atoms with Crippen LogP contribution in [-0.4, -0.2) is 43.4 Å². The van der Waals surface area contributed by atoms with Gasteiger partial charge in [0, 0.05) is 37.1 Å². The third-order valence-electron chi connectivity index (χ3n) is 5.66. The lowest BCUT2D eigenvalue weighted by Crippen LogP contribution is -2.37. The third kappa shape index (κ3) is 4.27. The molecule has 0 saturated carbocycles. The lowest BCUT2D eigenvalue weighted by molar-refractivity contribution is -0.122. The number of benzene rings is 1. The minimum Gasteiger partial charge on any atom is -0.355 e. The molecule has 3 aromatic heterocycles. The van der Waals surface area contributed by atoms with Gasteiger partial charge in [-0.15, -0.1) is 26.6 Å². The molecule has 158 valence electrons. The highest BCUT2D eigenvalue weighted by Crippen LogP contribution is 2.22. The number of rotatable bonds is 4. The Labute approximate surface area is 183 Å². The van der Waals surface area contributed by atoms with Gasteiger partial charge in [0.25, 0.3) is 5.91 Å². The Balaban J connectivity index is 1.25. The van der Waals surface area contributed by atoms with E-state index < -0.39 is 0 Å². The molecule has 0 aliphatic carbocycles. The number of nitrogens with zero attached hydrogens (tertiary/aromatic N) is 7. The number of aryl methyl sites for hydroxylation is 1. The Kier molecular flexibility index (Phi) is 5.33. The minimum atomic E-state index is -0.0511. The van der Waals surface area contributed by atoms with E-state index in [2.05, 4.69) is 56.4 Å². The average molecular weight is 434 g/mol. The molecule has 8 nitrogen and oxygen atoms in total. The molecule has 1 aromatic carbocycles. The molecule has 1 fully saturated rings. The van der Waals surface area contributed by atoms with Crippen molar-refractivity contribution in [2.45, 2.75) is 26.3 Å². The molecular weight excluding hydrogens is 410 g/mol. The Morgan fingerprint density at radius 2 is 1.97 bits per heavy atom. The predicted molar refractivity (Wildman–Crippen MR) is 119 cm³/mol. The largest absolute Gasteiger partial charge is 0.355 e. The first kappa shape index (κ1) is 19.6. The van der Waals surface area contributed by atoms with Gasteiger partial charge in [-0.05, 0) is 37.5 Å². The molecule has 1 aliphatic heterocycles. The van der Waals surface area contributed by atoms with Crippen LogP contribution in [0.3, 0.4) is 0 Å². The van der Waals surface area contributed by atoms with Crippen LogP contribution in [0.1, 0.15) is 24.0 Å². The van der Waals surface area contributed by atoms with Gasteiger partial charge in [0.15, 0.2) is 10.4 Å². The van der Waals surface area contributed by atoms with Crippen LogP contribution in [0.2, 0.25) is 0 Å². The molecule has 1 aliphatic rings. The molecule has 1 saturated heterocycles. The van der Waals surface area contributed by atoms with Crippen molar-refractivity contribution in [2.24, 2.45) is 10.9 Å². The van der Waals surface area contributed by atoms with Crippen molar-refractivity contribution in [3.63, 3.8) is 0 Å². The van der Waals surface area contributed by atoms with Crippen LogP contribution in [0.15, 0.2) is 59.3 Å². The van der Waals surface area contributed by atoms with E-state index in [1.807, 2.05) is 28.3 Å². The summed E-state index contributed by atoms with van der Waals surface area (Å²) in [7, 11) is 0. The summed E-state index contributed by atoms with van der Waals surface area (Å²) in [5, 5.41) is 14.4. The van der Waals surface area contributed by atoms with E-state index in [1.165, 1.54) is 22.5 Å². The van der Waals surface area contributed by atoms with Crippen molar-refractivity contribution in [1.29, 1.82) is 0 Å². The number of thiazole rings is 1. The fraction of sp³-hybridized carbons (Fsp3) is 0.318. The second-order valence-corrected chi connectivity index (χ2v) is 8.71. The summed E-state index contributed by atoms with van der Waals surface area (Å²) in [5.41, 5.74) is 3.16. The zero-order valence-corrected chi connectivity index (χ0v) is 18.1. The predicted octanol–water partition coefficient (Wildman–Crippen LogP) is 2.69. The molecule has 9 heteroatoms. The first-order chi connectivity index (χ1) is 15.2. The van der Waals surface area contributed by atoms with Gasteiger partial charge >= 0.3 is 0 Å². The molecule has 4 aromatic rings. The van der Waals surface area contributed by atoms with Gasteiger partial charge in [0.05, 0.1) is 0 Å². The molecule has 1 amide bonds. The molecule has 4 heterocycles. The standard InChI is InChI=1S/C22H23N7OS/c1-16-2-4-17(5-3-16)14-28-12-13-31-22(28)24-21(30)18-8-10-27(11-9-18)20-7-6-19-25-23-15-29(19)26-20/h2-7,12-13,15,18H,8-11,14H2,1H3. The summed E-state index contributed by atoms with van der Waals surface area (Å²) in [6.07, 6.45) is 5.13. The molecule has 31 heavy (non-hydrogen) atoms. The normalized spacial score (nSPS) is 15.6. The number of anilines is 1.